The molecule has 0 aliphatic rings. The van der Waals surface area contributed by atoms with Crippen LogP contribution >= 0.6 is 0 Å². The number of imidazole rings is 1. The second kappa shape index (κ2) is 11.7. The molecule has 4 aromatic carbocycles. The summed E-state index contributed by atoms with van der Waals surface area (Å²) in [6.07, 6.45) is 3.85. The average Bonchev–Trinajstić information content (AvgIpc) is 3.38. The number of rotatable bonds is 8. The fourth-order valence-corrected chi connectivity index (χ4v) is 5.38. The molecule has 6 rings (SSSR count). The summed E-state index contributed by atoms with van der Waals surface area (Å²) in [6, 6.07) is 29.8. The number of amides is 1. The maximum atomic E-state index is 13.8. The molecule has 0 aliphatic heterocycles. The minimum absolute atomic E-state index is 0.0676. The van der Waals surface area contributed by atoms with Crippen LogP contribution in [0.25, 0.3) is 22.1 Å². The molecule has 1 amide bonds. The highest BCUT2D eigenvalue weighted by atomic mass is 16.5. The molecule has 0 fully saturated rings. The van der Waals surface area contributed by atoms with Crippen molar-refractivity contribution < 1.29 is 9.53 Å². The van der Waals surface area contributed by atoms with E-state index in [1.807, 2.05) is 42.5 Å². The summed E-state index contributed by atoms with van der Waals surface area (Å²) >= 11 is 0. The average molecular weight is 570 g/mol. The van der Waals surface area contributed by atoms with Gasteiger partial charge in [0.2, 0.25) is 0 Å². The Labute approximate surface area is 251 Å². The SMILES string of the molecule is COc1ccc2nc(C(Cc3ccccc3)NC(=O)c3ccc4nccnc4c3)n(Cc3ccc(C(C)(C)C)cc3)c2c1. The quantitative estimate of drug-likeness (QED) is 0.212. The van der Waals surface area contributed by atoms with Crippen LogP contribution in [0.4, 0.5) is 0 Å². The van der Waals surface area contributed by atoms with E-state index in [1.165, 1.54) is 5.56 Å². The highest BCUT2D eigenvalue weighted by molar-refractivity contribution is 5.97. The van der Waals surface area contributed by atoms with Crippen molar-refractivity contribution in [1.29, 1.82) is 0 Å². The lowest BCUT2D eigenvalue weighted by molar-refractivity contribution is 0.0934. The first-order chi connectivity index (χ1) is 20.8. The minimum atomic E-state index is -0.403. The van der Waals surface area contributed by atoms with Crippen molar-refractivity contribution in [3.05, 3.63) is 131 Å². The van der Waals surface area contributed by atoms with Crippen molar-refractivity contribution in [1.82, 2.24) is 24.8 Å². The van der Waals surface area contributed by atoms with Crippen LogP contribution in [-0.2, 0) is 18.4 Å². The Kier molecular flexibility index (Phi) is 7.63. The smallest absolute Gasteiger partial charge is 0.251 e. The summed E-state index contributed by atoms with van der Waals surface area (Å²) in [6.45, 7) is 7.24. The number of aromatic nitrogens is 4. The van der Waals surface area contributed by atoms with E-state index in [9.17, 15) is 4.79 Å². The number of nitrogens with one attached hydrogen (secondary N) is 1. The number of nitrogens with zero attached hydrogens (tertiary/aromatic N) is 4. The van der Waals surface area contributed by atoms with E-state index >= 15 is 0 Å². The van der Waals surface area contributed by atoms with Gasteiger partial charge in [-0.1, -0.05) is 75.4 Å². The first-order valence-electron chi connectivity index (χ1n) is 14.5. The van der Waals surface area contributed by atoms with Gasteiger partial charge in [0.05, 0.1) is 35.2 Å². The Morgan fingerprint density at radius 3 is 2.28 bits per heavy atom. The summed E-state index contributed by atoms with van der Waals surface area (Å²) in [5, 5.41) is 3.31. The summed E-state index contributed by atoms with van der Waals surface area (Å²) < 4.78 is 7.78. The predicted octanol–water partition coefficient (Wildman–Crippen LogP) is 7.05. The Hall–Kier alpha value is -5.04. The van der Waals surface area contributed by atoms with Gasteiger partial charge in [0.15, 0.2) is 0 Å². The second-order valence-corrected chi connectivity index (χ2v) is 11.8. The van der Waals surface area contributed by atoms with Gasteiger partial charge in [-0.15, -0.1) is 0 Å². The van der Waals surface area contributed by atoms with Gasteiger partial charge in [-0.3, -0.25) is 14.8 Å². The molecule has 6 aromatic rings. The molecule has 0 spiro atoms. The maximum Gasteiger partial charge on any atom is 0.251 e. The van der Waals surface area contributed by atoms with Gasteiger partial charge in [0, 0.05) is 30.6 Å². The van der Waals surface area contributed by atoms with Crippen molar-refractivity contribution in [3.8, 4) is 5.75 Å². The second-order valence-electron chi connectivity index (χ2n) is 11.8. The first-order valence-corrected chi connectivity index (χ1v) is 14.5. The highest BCUT2D eigenvalue weighted by Gasteiger charge is 2.24. The number of methoxy groups -OCH3 is 1. The zero-order chi connectivity index (χ0) is 30.0. The van der Waals surface area contributed by atoms with Crippen LogP contribution in [0.5, 0.6) is 5.75 Å². The van der Waals surface area contributed by atoms with Gasteiger partial charge in [-0.2, -0.15) is 0 Å². The Balaban J connectivity index is 1.43. The van der Waals surface area contributed by atoms with Crippen LogP contribution < -0.4 is 10.1 Å². The number of benzene rings is 4. The Bertz CT molecular complexity index is 1890. The zero-order valence-electron chi connectivity index (χ0n) is 24.9. The number of carbonyl (C=O) groups excluding carboxylic acids is 1. The molecule has 2 heterocycles. The summed E-state index contributed by atoms with van der Waals surface area (Å²) in [5.74, 6) is 1.34. The van der Waals surface area contributed by atoms with Crippen LogP contribution in [0.1, 0.15) is 59.7 Å². The monoisotopic (exact) mass is 569 g/mol. The van der Waals surface area contributed by atoms with Crippen molar-refractivity contribution >= 4 is 28.0 Å². The summed E-state index contributed by atoms with van der Waals surface area (Å²) in [4.78, 5) is 27.6. The molecule has 7 heteroatoms. The third kappa shape index (κ3) is 6.11. The predicted molar refractivity (Wildman–Crippen MR) is 170 cm³/mol. The van der Waals surface area contributed by atoms with Gasteiger partial charge < -0.3 is 14.6 Å². The van der Waals surface area contributed by atoms with Crippen LogP contribution in [-0.4, -0.2) is 32.5 Å². The molecule has 0 saturated carbocycles. The highest BCUT2D eigenvalue weighted by Crippen LogP contribution is 2.29. The lowest BCUT2D eigenvalue weighted by Crippen LogP contribution is -2.32. The molecule has 43 heavy (non-hydrogen) atoms. The van der Waals surface area contributed by atoms with Crippen LogP contribution in [0.3, 0.4) is 0 Å². The molecule has 0 radical (unpaired) electrons. The standard InChI is InChI=1S/C36H35N5O2/c1-36(2,3)27-13-10-25(11-14-27)23-41-33-22-28(43-4)15-17-30(33)39-34(41)32(20-24-8-6-5-7-9-24)40-35(42)26-12-16-29-31(21-26)38-19-18-37-29/h5-19,21-22,32H,20,23H2,1-4H3,(H,40,42). The molecule has 1 N–H and O–H groups in total. The number of hydrogen-bond acceptors (Lipinski definition) is 5. The lowest BCUT2D eigenvalue weighted by atomic mass is 9.87. The van der Waals surface area contributed by atoms with Crippen molar-refractivity contribution in [2.45, 2.75) is 45.2 Å². The topological polar surface area (TPSA) is 81.9 Å². The largest absolute Gasteiger partial charge is 0.497 e. The van der Waals surface area contributed by atoms with Crippen LogP contribution in [0, 0.1) is 0 Å². The van der Waals surface area contributed by atoms with E-state index in [1.54, 1.807) is 31.6 Å². The molecular weight excluding hydrogens is 534 g/mol. The van der Waals surface area contributed by atoms with Gasteiger partial charge in [0.1, 0.15) is 11.6 Å². The molecule has 0 aliphatic carbocycles. The zero-order valence-corrected chi connectivity index (χ0v) is 24.9. The van der Waals surface area contributed by atoms with E-state index in [2.05, 4.69) is 77.0 Å². The fraction of sp³-hybridized carbons (Fsp3) is 0.222. The van der Waals surface area contributed by atoms with Gasteiger partial charge >= 0.3 is 0 Å². The van der Waals surface area contributed by atoms with E-state index in [0.29, 0.717) is 24.0 Å². The fourth-order valence-electron chi connectivity index (χ4n) is 5.38. The van der Waals surface area contributed by atoms with E-state index in [-0.39, 0.29) is 11.3 Å². The number of hydrogen-bond donors (Lipinski definition) is 1. The first kappa shape index (κ1) is 28.1. The summed E-state index contributed by atoms with van der Waals surface area (Å²) in [5.41, 5.74) is 7.32. The van der Waals surface area contributed by atoms with E-state index in [4.69, 9.17) is 9.72 Å². The molecule has 216 valence electrons. The van der Waals surface area contributed by atoms with Crippen LogP contribution in [0.15, 0.2) is 103 Å². The number of carbonyl (C=O) groups is 1. The van der Waals surface area contributed by atoms with Crippen molar-refractivity contribution in [2.24, 2.45) is 0 Å². The van der Waals surface area contributed by atoms with E-state index in [0.717, 1.165) is 39.3 Å². The third-order valence-electron chi connectivity index (χ3n) is 7.78. The molecule has 7 nitrogen and oxygen atoms in total. The molecule has 1 unspecified atom stereocenters. The maximum absolute atomic E-state index is 13.8. The van der Waals surface area contributed by atoms with Gasteiger partial charge in [-0.05, 0) is 58.9 Å². The number of ether oxygens (including phenoxy) is 1. The summed E-state index contributed by atoms with van der Waals surface area (Å²) in [7, 11) is 1.67. The molecule has 0 bridgehead atoms. The van der Waals surface area contributed by atoms with Crippen molar-refractivity contribution in [2.75, 3.05) is 7.11 Å². The number of fused-ring (bicyclic) bond motifs is 2. The Morgan fingerprint density at radius 1 is 0.837 bits per heavy atom. The third-order valence-corrected chi connectivity index (χ3v) is 7.78. The minimum Gasteiger partial charge on any atom is -0.497 e. The lowest BCUT2D eigenvalue weighted by Gasteiger charge is -2.22. The molecule has 2 aromatic heterocycles. The van der Waals surface area contributed by atoms with Crippen LogP contribution in [0.2, 0.25) is 0 Å². The van der Waals surface area contributed by atoms with E-state index < -0.39 is 6.04 Å². The van der Waals surface area contributed by atoms with Gasteiger partial charge in [-0.25, -0.2) is 4.98 Å². The molecular formula is C36H35N5O2. The van der Waals surface area contributed by atoms with Crippen molar-refractivity contribution in [3.63, 3.8) is 0 Å². The normalized spacial score (nSPS) is 12.4. The van der Waals surface area contributed by atoms with Gasteiger partial charge in [0.25, 0.3) is 5.91 Å². The molecule has 1 atom stereocenters. The molecule has 0 saturated heterocycles. The Morgan fingerprint density at radius 2 is 1.56 bits per heavy atom.